The molecule has 0 radical (unpaired) electrons. The molecule has 13 heteroatoms. The fourth-order valence-corrected chi connectivity index (χ4v) is 3.94. The maximum Gasteiger partial charge on any atom is 0.326 e. The summed E-state index contributed by atoms with van der Waals surface area (Å²) in [7, 11) is 0. The van der Waals surface area contributed by atoms with Gasteiger partial charge in [-0.2, -0.15) is 0 Å². The van der Waals surface area contributed by atoms with E-state index in [1.165, 1.54) is 0 Å². The number of carboxylic acid groups (broad SMARTS) is 1. The lowest BCUT2D eigenvalue weighted by molar-refractivity contribution is -0.142. The summed E-state index contributed by atoms with van der Waals surface area (Å²) >= 11 is 0. The Morgan fingerprint density at radius 3 is 1.28 bits per heavy atom. The van der Waals surface area contributed by atoms with Crippen molar-refractivity contribution in [1.29, 1.82) is 0 Å². The van der Waals surface area contributed by atoms with Gasteiger partial charge in [0.2, 0.25) is 23.6 Å². The lowest BCUT2D eigenvalue weighted by atomic mass is 9.99. The lowest BCUT2D eigenvalue weighted by Crippen LogP contribution is -2.59. The molecular formula is C26H51N7O6. The van der Waals surface area contributed by atoms with Crippen molar-refractivity contribution in [3.8, 4) is 0 Å². The number of hydrogen-bond donors (Lipinski definition) is 8. The van der Waals surface area contributed by atoms with Gasteiger partial charge in [0, 0.05) is 0 Å². The van der Waals surface area contributed by atoms with E-state index in [0.29, 0.717) is 6.42 Å². The number of aliphatic carboxylic acids is 1. The highest BCUT2D eigenvalue weighted by Gasteiger charge is 2.32. The minimum absolute atomic E-state index is 0.00128. The molecule has 0 aliphatic carbocycles. The van der Waals surface area contributed by atoms with Crippen LogP contribution in [0.15, 0.2) is 0 Å². The molecule has 0 saturated heterocycles. The van der Waals surface area contributed by atoms with Crippen LogP contribution in [0, 0.1) is 17.8 Å². The van der Waals surface area contributed by atoms with Gasteiger partial charge in [-0.15, -0.1) is 0 Å². The Morgan fingerprint density at radius 1 is 0.564 bits per heavy atom. The molecule has 0 aromatic heterocycles. The number of hydrogen-bond acceptors (Lipinski definition) is 8. The molecule has 11 N–H and O–H groups in total. The first-order valence-corrected chi connectivity index (χ1v) is 13.7. The van der Waals surface area contributed by atoms with Gasteiger partial charge in [-0.3, -0.25) is 19.2 Å². The summed E-state index contributed by atoms with van der Waals surface area (Å²) in [6.07, 6.45) is 1.11. The molecule has 0 aliphatic rings. The summed E-state index contributed by atoms with van der Waals surface area (Å²) in [5.74, 6) is -3.46. The molecule has 0 aliphatic heterocycles. The van der Waals surface area contributed by atoms with Crippen LogP contribution in [-0.4, -0.2) is 78.0 Å². The second-order valence-electron chi connectivity index (χ2n) is 11.2. The molecule has 0 rings (SSSR count). The Bertz CT molecular complexity index is 806. The van der Waals surface area contributed by atoms with E-state index < -0.39 is 59.8 Å². The lowest BCUT2D eigenvalue weighted by Gasteiger charge is -2.27. The topological polar surface area (TPSA) is 232 Å². The highest BCUT2D eigenvalue weighted by atomic mass is 16.4. The second-order valence-corrected chi connectivity index (χ2v) is 11.2. The number of carboxylic acids is 1. The van der Waals surface area contributed by atoms with Crippen molar-refractivity contribution >= 4 is 29.6 Å². The molecule has 13 nitrogen and oxygen atoms in total. The van der Waals surface area contributed by atoms with E-state index in [-0.39, 0.29) is 56.5 Å². The zero-order chi connectivity index (χ0) is 30.3. The Morgan fingerprint density at radius 2 is 0.897 bits per heavy atom. The van der Waals surface area contributed by atoms with Gasteiger partial charge in [-0.1, -0.05) is 41.5 Å². The van der Waals surface area contributed by atoms with Crippen molar-refractivity contribution in [2.75, 3.05) is 13.1 Å². The summed E-state index contributed by atoms with van der Waals surface area (Å²) in [6.45, 7) is 11.5. The Kier molecular flexibility index (Phi) is 17.2. The third-order valence-corrected chi connectivity index (χ3v) is 5.90. The first-order valence-electron chi connectivity index (χ1n) is 13.7. The maximum absolute atomic E-state index is 13.3. The molecule has 0 unspecified atom stereocenters. The predicted octanol–water partition coefficient (Wildman–Crippen LogP) is -0.827. The van der Waals surface area contributed by atoms with Gasteiger partial charge in [0.05, 0.1) is 6.04 Å². The zero-order valence-electron chi connectivity index (χ0n) is 24.3. The van der Waals surface area contributed by atoms with Gasteiger partial charge >= 0.3 is 5.97 Å². The standard InChI is InChI=1S/C26H51N7O6/c1-14(2)11-19(31-22(34)17(29)7-9-27)25(37)32-20(12-15(3)4)24(36)30-18(8-10-28)23(35)33-21(26(38)39)13-16(5)6/h14-21H,7-13,27-29H2,1-6H3,(H,30,36)(H,31,34)(H,32,37)(H,33,35)(H,38,39)/t17-,18-,19+,20-,21-/m0/s1. The van der Waals surface area contributed by atoms with E-state index >= 15 is 0 Å². The number of nitrogens with two attached hydrogens (primary N) is 3. The fourth-order valence-electron chi connectivity index (χ4n) is 3.94. The van der Waals surface area contributed by atoms with Gasteiger partial charge < -0.3 is 43.6 Å². The molecule has 0 spiro atoms. The van der Waals surface area contributed by atoms with Crippen LogP contribution in [0.2, 0.25) is 0 Å². The Balaban J connectivity index is 5.72. The van der Waals surface area contributed by atoms with Crippen LogP contribution in [-0.2, 0) is 24.0 Å². The maximum atomic E-state index is 13.3. The Labute approximate surface area is 232 Å². The number of nitrogens with one attached hydrogen (secondary N) is 4. The first-order chi connectivity index (χ1) is 18.1. The molecular weight excluding hydrogens is 506 g/mol. The summed E-state index contributed by atoms with van der Waals surface area (Å²) in [6, 6.07) is -5.02. The number of carbonyl (C=O) groups is 5. The highest BCUT2D eigenvalue weighted by molar-refractivity contribution is 5.95. The largest absolute Gasteiger partial charge is 0.480 e. The number of rotatable bonds is 19. The molecule has 226 valence electrons. The fraction of sp³-hybridized carbons (Fsp3) is 0.808. The smallest absolute Gasteiger partial charge is 0.326 e. The molecule has 39 heavy (non-hydrogen) atoms. The van der Waals surface area contributed by atoms with Crippen molar-refractivity contribution in [2.45, 2.75) is 104 Å². The first kappa shape index (κ1) is 36.2. The molecule has 0 fully saturated rings. The van der Waals surface area contributed by atoms with E-state index in [9.17, 15) is 29.1 Å². The van der Waals surface area contributed by atoms with E-state index in [1.54, 1.807) is 0 Å². The Hall–Kier alpha value is -2.77. The normalized spacial score (nSPS) is 15.3. The van der Waals surface area contributed by atoms with E-state index in [2.05, 4.69) is 21.3 Å². The van der Waals surface area contributed by atoms with Gasteiger partial charge in [0.15, 0.2) is 0 Å². The third kappa shape index (κ3) is 14.8. The molecule has 0 saturated carbocycles. The van der Waals surface area contributed by atoms with Crippen LogP contribution in [0.5, 0.6) is 0 Å². The summed E-state index contributed by atoms with van der Waals surface area (Å²) in [5.41, 5.74) is 17.0. The number of amides is 4. The average molecular weight is 558 g/mol. The summed E-state index contributed by atoms with van der Waals surface area (Å²) < 4.78 is 0. The minimum Gasteiger partial charge on any atom is -0.480 e. The summed E-state index contributed by atoms with van der Waals surface area (Å²) in [5, 5.41) is 19.9. The molecule has 0 bridgehead atoms. The van der Waals surface area contributed by atoms with Gasteiger partial charge in [0.1, 0.15) is 24.2 Å². The van der Waals surface area contributed by atoms with Crippen molar-refractivity contribution in [1.82, 2.24) is 21.3 Å². The van der Waals surface area contributed by atoms with Crippen LogP contribution < -0.4 is 38.5 Å². The van der Waals surface area contributed by atoms with Gasteiger partial charge in [0.25, 0.3) is 0 Å². The monoisotopic (exact) mass is 557 g/mol. The quantitative estimate of drug-likeness (QED) is 0.0989. The van der Waals surface area contributed by atoms with E-state index in [4.69, 9.17) is 17.2 Å². The van der Waals surface area contributed by atoms with Crippen molar-refractivity contribution in [3.05, 3.63) is 0 Å². The van der Waals surface area contributed by atoms with Gasteiger partial charge in [-0.25, -0.2) is 4.79 Å². The summed E-state index contributed by atoms with van der Waals surface area (Å²) in [4.78, 5) is 63.5. The third-order valence-electron chi connectivity index (χ3n) is 5.90. The average Bonchev–Trinajstić information content (AvgIpc) is 2.81. The van der Waals surface area contributed by atoms with Crippen molar-refractivity contribution in [2.24, 2.45) is 35.0 Å². The van der Waals surface area contributed by atoms with Gasteiger partial charge in [-0.05, 0) is 62.9 Å². The molecule has 4 amide bonds. The number of carbonyl (C=O) groups excluding carboxylic acids is 4. The van der Waals surface area contributed by atoms with E-state index in [0.717, 1.165) is 0 Å². The van der Waals surface area contributed by atoms with Crippen molar-refractivity contribution < 1.29 is 29.1 Å². The van der Waals surface area contributed by atoms with Crippen LogP contribution in [0.4, 0.5) is 0 Å². The van der Waals surface area contributed by atoms with Crippen LogP contribution in [0.3, 0.4) is 0 Å². The SMILES string of the molecule is CC(C)C[C@H](NC(=O)[C@H](CCN)NC(=O)[C@H](CC(C)C)NC(=O)[C@@H](CC(C)C)NC(=O)[C@@H](N)CCN)C(=O)O. The van der Waals surface area contributed by atoms with E-state index in [1.807, 2.05) is 41.5 Å². The van der Waals surface area contributed by atoms with Crippen LogP contribution in [0.25, 0.3) is 0 Å². The molecule has 0 aromatic rings. The predicted molar refractivity (Wildman–Crippen MR) is 149 cm³/mol. The molecule has 0 heterocycles. The van der Waals surface area contributed by atoms with Crippen LogP contribution in [0.1, 0.15) is 73.6 Å². The van der Waals surface area contributed by atoms with Crippen LogP contribution >= 0.6 is 0 Å². The van der Waals surface area contributed by atoms with Crippen molar-refractivity contribution in [3.63, 3.8) is 0 Å². The second kappa shape index (κ2) is 18.5. The molecule has 5 atom stereocenters. The zero-order valence-corrected chi connectivity index (χ0v) is 24.3. The minimum atomic E-state index is -1.18. The molecule has 0 aromatic carbocycles. The highest BCUT2D eigenvalue weighted by Crippen LogP contribution is 2.11.